The smallest absolute Gasteiger partial charge is 0.335 e. The van der Waals surface area contributed by atoms with Gasteiger partial charge in [0.05, 0.1) is 30.3 Å². The summed E-state index contributed by atoms with van der Waals surface area (Å²) in [5, 5.41) is 21.7. The fraction of sp³-hybridized carbons (Fsp3) is 0.545. The summed E-state index contributed by atoms with van der Waals surface area (Å²) in [6, 6.07) is 12.0. The number of amides is 1. The molecule has 2 aromatic rings. The number of rotatable bonds is 14. The summed E-state index contributed by atoms with van der Waals surface area (Å²) in [7, 11) is 0. The van der Waals surface area contributed by atoms with Crippen LogP contribution < -0.4 is 14.8 Å². The van der Waals surface area contributed by atoms with E-state index in [4.69, 9.17) is 9.47 Å². The predicted octanol–water partition coefficient (Wildman–Crippen LogP) is 6.51. The zero-order chi connectivity index (χ0) is 29.0. The summed E-state index contributed by atoms with van der Waals surface area (Å²) in [5.41, 5.74) is 1.24. The molecule has 8 heteroatoms. The Morgan fingerprint density at radius 2 is 1.59 bits per heavy atom. The SMILES string of the molecule is O=C(O)c1ccc(OCCCc2ccccc2OCCCC2CCCCC2)c(C(=O)NC2CCCC(C(=O)O)C2)c1. The van der Waals surface area contributed by atoms with Crippen LogP contribution in [0.15, 0.2) is 42.5 Å². The van der Waals surface area contributed by atoms with E-state index in [2.05, 4.69) is 11.4 Å². The van der Waals surface area contributed by atoms with Gasteiger partial charge in [0.15, 0.2) is 0 Å². The maximum absolute atomic E-state index is 13.2. The van der Waals surface area contributed by atoms with Crippen LogP contribution in [0.25, 0.3) is 0 Å². The Morgan fingerprint density at radius 1 is 0.829 bits per heavy atom. The standard InChI is InChI=1S/C33H43NO7/c35-31(34-27-15-6-13-25(21-27)32(36)37)28-22-26(33(38)39)17-18-30(28)41-20-8-14-24-12-4-5-16-29(24)40-19-7-11-23-9-2-1-3-10-23/h4-5,12,16-18,22-23,25,27H,1-3,6-11,13-15,19-21H2,(H,34,35)(H,36,37)(H,38,39). The van der Waals surface area contributed by atoms with Gasteiger partial charge in [-0.05, 0) is 80.7 Å². The molecule has 0 spiro atoms. The van der Waals surface area contributed by atoms with Crippen molar-refractivity contribution in [1.82, 2.24) is 5.32 Å². The fourth-order valence-corrected chi connectivity index (χ4v) is 6.10. The lowest BCUT2D eigenvalue weighted by Crippen LogP contribution is -2.40. The van der Waals surface area contributed by atoms with E-state index < -0.39 is 23.8 Å². The van der Waals surface area contributed by atoms with Crippen LogP contribution in [-0.4, -0.2) is 47.3 Å². The number of benzene rings is 2. The van der Waals surface area contributed by atoms with Crippen LogP contribution in [0.1, 0.15) is 103 Å². The maximum Gasteiger partial charge on any atom is 0.335 e. The normalized spacial score (nSPS) is 19.3. The van der Waals surface area contributed by atoms with Gasteiger partial charge in [0, 0.05) is 6.04 Å². The van der Waals surface area contributed by atoms with Gasteiger partial charge >= 0.3 is 11.9 Å². The van der Waals surface area contributed by atoms with Gasteiger partial charge in [-0.2, -0.15) is 0 Å². The summed E-state index contributed by atoms with van der Waals surface area (Å²) in [6.45, 7) is 1.06. The molecule has 222 valence electrons. The zero-order valence-corrected chi connectivity index (χ0v) is 23.8. The minimum Gasteiger partial charge on any atom is -0.493 e. The predicted molar refractivity (Wildman–Crippen MR) is 156 cm³/mol. The fourth-order valence-electron chi connectivity index (χ4n) is 6.10. The third kappa shape index (κ3) is 9.23. The Bertz CT molecular complexity index is 1170. The van der Waals surface area contributed by atoms with Crippen molar-refractivity contribution in [3.63, 3.8) is 0 Å². The van der Waals surface area contributed by atoms with Crippen molar-refractivity contribution in [2.75, 3.05) is 13.2 Å². The molecule has 2 fully saturated rings. The van der Waals surface area contributed by atoms with Crippen molar-refractivity contribution in [3.8, 4) is 11.5 Å². The van der Waals surface area contributed by atoms with E-state index in [0.717, 1.165) is 30.1 Å². The van der Waals surface area contributed by atoms with Crippen LogP contribution >= 0.6 is 0 Å². The van der Waals surface area contributed by atoms with Crippen molar-refractivity contribution in [2.45, 2.75) is 89.5 Å². The molecule has 0 aliphatic heterocycles. The molecular weight excluding hydrogens is 522 g/mol. The van der Waals surface area contributed by atoms with Crippen molar-refractivity contribution < 1.29 is 34.1 Å². The summed E-state index contributed by atoms with van der Waals surface area (Å²) >= 11 is 0. The molecule has 1 amide bonds. The first kappa shape index (κ1) is 30.4. The van der Waals surface area contributed by atoms with E-state index >= 15 is 0 Å². The lowest BCUT2D eigenvalue weighted by atomic mass is 9.85. The van der Waals surface area contributed by atoms with Gasteiger partial charge in [0.25, 0.3) is 5.91 Å². The minimum atomic E-state index is -1.13. The Hall–Kier alpha value is -3.55. The molecule has 2 atom stereocenters. The van der Waals surface area contributed by atoms with Crippen LogP contribution in [0.3, 0.4) is 0 Å². The third-order valence-corrected chi connectivity index (χ3v) is 8.39. The molecule has 0 radical (unpaired) electrons. The summed E-state index contributed by atoms with van der Waals surface area (Å²) in [4.78, 5) is 36.2. The number of hydrogen-bond acceptors (Lipinski definition) is 5. The van der Waals surface area contributed by atoms with E-state index in [0.29, 0.717) is 51.1 Å². The number of aliphatic carboxylic acids is 1. The molecule has 2 saturated carbocycles. The monoisotopic (exact) mass is 565 g/mol. The van der Waals surface area contributed by atoms with Gasteiger partial charge in [0.2, 0.25) is 0 Å². The molecular formula is C33H43NO7. The number of carbonyl (C=O) groups excluding carboxylic acids is 1. The quantitative estimate of drug-likeness (QED) is 0.223. The molecule has 0 bridgehead atoms. The highest BCUT2D eigenvalue weighted by molar-refractivity contribution is 6.00. The first-order chi connectivity index (χ1) is 19.9. The summed E-state index contributed by atoms with van der Waals surface area (Å²) < 4.78 is 12.1. The number of carbonyl (C=O) groups is 3. The Balaban J connectivity index is 1.30. The largest absolute Gasteiger partial charge is 0.493 e. The number of carboxylic acids is 2. The van der Waals surface area contributed by atoms with Crippen molar-refractivity contribution >= 4 is 17.8 Å². The van der Waals surface area contributed by atoms with E-state index in [-0.39, 0.29) is 17.2 Å². The highest BCUT2D eigenvalue weighted by Gasteiger charge is 2.29. The number of nitrogens with one attached hydrogen (secondary N) is 1. The molecule has 0 aromatic heterocycles. The Labute approximate surface area is 242 Å². The van der Waals surface area contributed by atoms with Crippen molar-refractivity contribution in [1.29, 1.82) is 0 Å². The highest BCUT2D eigenvalue weighted by Crippen LogP contribution is 2.29. The first-order valence-corrected chi connectivity index (χ1v) is 15.1. The Kier molecular flexibility index (Phi) is 11.5. The minimum absolute atomic E-state index is 0.0101. The average Bonchev–Trinajstić information content (AvgIpc) is 2.98. The van der Waals surface area contributed by atoms with Crippen LogP contribution in [0.4, 0.5) is 0 Å². The van der Waals surface area contributed by atoms with Crippen LogP contribution in [0.5, 0.6) is 11.5 Å². The number of aromatic carboxylic acids is 1. The number of carboxylic acid groups (broad SMARTS) is 2. The van der Waals surface area contributed by atoms with E-state index in [1.165, 1.54) is 56.7 Å². The van der Waals surface area contributed by atoms with Gasteiger partial charge < -0.3 is 25.0 Å². The number of hydrogen-bond donors (Lipinski definition) is 3. The summed E-state index contributed by atoms with van der Waals surface area (Å²) in [6.07, 6.45) is 12.9. The van der Waals surface area contributed by atoms with Gasteiger partial charge in [-0.15, -0.1) is 0 Å². The number of para-hydroxylation sites is 1. The molecule has 8 nitrogen and oxygen atoms in total. The zero-order valence-electron chi connectivity index (χ0n) is 23.8. The van der Waals surface area contributed by atoms with Gasteiger partial charge in [-0.3, -0.25) is 9.59 Å². The van der Waals surface area contributed by atoms with E-state index in [1.807, 2.05) is 18.2 Å². The van der Waals surface area contributed by atoms with Gasteiger partial charge in [-0.1, -0.05) is 56.7 Å². The topological polar surface area (TPSA) is 122 Å². The molecule has 2 aliphatic carbocycles. The first-order valence-electron chi connectivity index (χ1n) is 15.1. The Morgan fingerprint density at radius 3 is 2.37 bits per heavy atom. The lowest BCUT2D eigenvalue weighted by molar-refractivity contribution is -0.143. The average molecular weight is 566 g/mol. The lowest BCUT2D eigenvalue weighted by Gasteiger charge is -2.27. The third-order valence-electron chi connectivity index (χ3n) is 8.39. The molecule has 41 heavy (non-hydrogen) atoms. The molecule has 0 saturated heterocycles. The molecule has 2 aliphatic rings. The van der Waals surface area contributed by atoms with Gasteiger partial charge in [-0.25, -0.2) is 4.79 Å². The second-order valence-corrected chi connectivity index (χ2v) is 11.4. The van der Waals surface area contributed by atoms with Crippen LogP contribution in [0.2, 0.25) is 0 Å². The molecule has 2 unspecified atom stereocenters. The van der Waals surface area contributed by atoms with E-state index in [9.17, 15) is 24.6 Å². The molecule has 2 aromatic carbocycles. The van der Waals surface area contributed by atoms with Crippen LogP contribution in [0, 0.1) is 11.8 Å². The van der Waals surface area contributed by atoms with Gasteiger partial charge in [0.1, 0.15) is 11.5 Å². The maximum atomic E-state index is 13.2. The van der Waals surface area contributed by atoms with Crippen molar-refractivity contribution in [3.05, 3.63) is 59.2 Å². The van der Waals surface area contributed by atoms with Crippen LogP contribution in [-0.2, 0) is 11.2 Å². The summed E-state index contributed by atoms with van der Waals surface area (Å²) in [5.74, 6) is -0.873. The second kappa shape index (κ2) is 15.5. The molecule has 3 N–H and O–H groups in total. The van der Waals surface area contributed by atoms with E-state index in [1.54, 1.807) is 0 Å². The second-order valence-electron chi connectivity index (χ2n) is 11.4. The molecule has 0 heterocycles. The number of aryl methyl sites for hydroxylation is 1. The van der Waals surface area contributed by atoms with Crippen molar-refractivity contribution in [2.24, 2.45) is 11.8 Å². The number of ether oxygens (including phenoxy) is 2. The molecule has 4 rings (SSSR count). The highest BCUT2D eigenvalue weighted by atomic mass is 16.5.